The van der Waals surface area contributed by atoms with E-state index in [2.05, 4.69) is 60.2 Å². The summed E-state index contributed by atoms with van der Waals surface area (Å²) in [5.74, 6) is -3.53. The van der Waals surface area contributed by atoms with Crippen LogP contribution >= 0.6 is 11.6 Å². The van der Waals surface area contributed by atoms with Crippen LogP contribution in [0.1, 0.15) is 107 Å². The predicted octanol–water partition coefficient (Wildman–Crippen LogP) is 11.0. The molecule has 105 heavy (non-hydrogen) atoms. The number of hydrogen-bond acceptors (Lipinski definition) is 17. The number of pyridine rings is 3. The summed E-state index contributed by atoms with van der Waals surface area (Å²) in [6.45, 7) is 17.4. The molecule has 560 valence electrons. The fraction of sp³-hybridized carbons (Fsp3) is 0.529. The van der Waals surface area contributed by atoms with E-state index in [4.69, 9.17) is 16.3 Å². The van der Waals surface area contributed by atoms with E-state index in [0.29, 0.717) is 88.6 Å². The van der Waals surface area contributed by atoms with E-state index in [9.17, 15) is 63.1 Å². The fourth-order valence-electron chi connectivity index (χ4n) is 15.5. The number of carbonyl (C=O) groups excluding carboxylic acids is 4. The maximum Gasteiger partial charge on any atom is 0.451 e. The SMILES string of the molecule is C[C@@H]1CN(c2ccnc3c2CCN(C(=O)OC(C)(C)C)C3)CC[C@@H]1C(=O)N1CCn2c(nnc2C(F)(F)F)C1.C[C@@H]1CN(c2ccnc3cc(Cl)ccc23)CC[C@@H]1C(=O)N1CCn2c(nnc2C(F)(F)F)C1.C[C@@H]1CN(c2ccnc3cc(F)ccc23)CC[C@@H]1C(=O)N1CCn2c(nnc2C(F)(F)F)C1. The summed E-state index contributed by atoms with van der Waals surface area (Å²) in [5, 5.41) is 23.4. The maximum absolute atomic E-state index is 13.6. The smallest absolute Gasteiger partial charge is 0.444 e. The topological polar surface area (TPSA) is 231 Å². The van der Waals surface area contributed by atoms with Gasteiger partial charge in [0.25, 0.3) is 0 Å². The van der Waals surface area contributed by atoms with Crippen LogP contribution in [0.2, 0.25) is 5.02 Å². The van der Waals surface area contributed by atoms with Gasteiger partial charge in [0, 0.05) is 166 Å². The van der Waals surface area contributed by atoms with Gasteiger partial charge < -0.3 is 52.7 Å². The van der Waals surface area contributed by atoms with Crippen LogP contribution in [0.25, 0.3) is 21.8 Å². The van der Waals surface area contributed by atoms with Crippen molar-refractivity contribution in [1.29, 1.82) is 0 Å². The average Bonchev–Trinajstić information content (AvgIpc) is 1.78. The minimum Gasteiger partial charge on any atom is -0.444 e. The van der Waals surface area contributed by atoms with Gasteiger partial charge in [0.2, 0.25) is 35.2 Å². The Morgan fingerprint density at radius 3 is 1.26 bits per heavy atom. The number of hydrogen-bond donors (Lipinski definition) is 0. The lowest BCUT2D eigenvalue weighted by Gasteiger charge is -2.41. The zero-order chi connectivity index (χ0) is 74.8. The second-order valence-corrected chi connectivity index (χ2v) is 29.3. The molecule has 0 spiro atoms. The predicted molar refractivity (Wildman–Crippen MR) is 363 cm³/mol. The van der Waals surface area contributed by atoms with Gasteiger partial charge >= 0.3 is 24.6 Å². The van der Waals surface area contributed by atoms with Gasteiger partial charge in [0.05, 0.1) is 42.9 Å². The zero-order valence-corrected chi connectivity index (χ0v) is 59.2. The number of fused-ring (bicyclic) bond motifs is 6. The molecule has 0 radical (unpaired) electrons. The second kappa shape index (κ2) is 29.1. The van der Waals surface area contributed by atoms with Gasteiger partial charge in [-0.3, -0.25) is 29.3 Å². The van der Waals surface area contributed by atoms with E-state index in [0.717, 1.165) is 58.3 Å². The maximum atomic E-state index is 13.6. The molecule has 0 saturated carbocycles. The molecule has 3 fully saturated rings. The van der Waals surface area contributed by atoms with Gasteiger partial charge in [-0.2, -0.15) is 39.5 Å². The number of nitrogens with zero attached hydrogens (tertiary/aromatic N) is 19. The van der Waals surface area contributed by atoms with Gasteiger partial charge in [0.1, 0.15) is 11.4 Å². The third-order valence-electron chi connectivity index (χ3n) is 20.8. The van der Waals surface area contributed by atoms with Crippen molar-refractivity contribution in [1.82, 2.24) is 78.8 Å². The zero-order valence-electron chi connectivity index (χ0n) is 58.4. The van der Waals surface area contributed by atoms with E-state index in [1.54, 1.807) is 44.3 Å². The highest BCUT2D eigenvalue weighted by Gasteiger charge is 2.46. The summed E-state index contributed by atoms with van der Waals surface area (Å²) in [5.41, 5.74) is 5.88. The minimum atomic E-state index is -4.57. The number of anilines is 3. The van der Waals surface area contributed by atoms with Crippen LogP contribution in [-0.2, 0) is 89.9 Å². The highest BCUT2D eigenvalue weighted by Crippen LogP contribution is 2.40. The summed E-state index contributed by atoms with van der Waals surface area (Å²) in [7, 11) is 0. The summed E-state index contributed by atoms with van der Waals surface area (Å²) < 4.78 is 140. The fourth-order valence-corrected chi connectivity index (χ4v) is 15.7. The second-order valence-electron chi connectivity index (χ2n) is 28.9. The molecule has 8 aromatic rings. The number of aromatic nitrogens is 12. The first kappa shape index (κ1) is 73.8. The van der Waals surface area contributed by atoms with Crippen LogP contribution in [-0.4, -0.2) is 174 Å². The standard InChI is InChI=1S/C26H34F3N7O3.C22H22ClF3N6O.C22H22F4N6O/c1-16-13-33(20-5-8-30-19-14-35(10-7-18(19)20)24(38)39-25(2,3)4)9-6-17(16)22(37)34-11-12-36-21(15-34)31-32-23(36)26(27,28)29;2*1-13-11-30(18-4-6-27-17-10-14(23)2-3-16(17)18)7-5-15(13)20(33)31-8-9-32-19(12-31)28-29-21(32)22(24,25)26/h5,8,16-17H,6-7,9-15H2,1-4H3;2*2-4,6,10,13,15H,5,7-9,11-12H2,1H3/t16-,17+;2*13-,15+/m111/s1. The Morgan fingerprint density at radius 2 is 0.848 bits per heavy atom. The number of halogens is 11. The van der Waals surface area contributed by atoms with Crippen LogP contribution in [0.4, 0.5) is 65.8 Å². The number of amides is 4. The monoisotopic (exact) mass is 1490 g/mol. The van der Waals surface area contributed by atoms with Crippen molar-refractivity contribution in [2.24, 2.45) is 35.5 Å². The lowest BCUT2D eigenvalue weighted by atomic mass is 9.85. The number of ether oxygens (including phenoxy) is 1. The van der Waals surface area contributed by atoms with E-state index in [1.165, 1.54) is 12.1 Å². The molecule has 0 aliphatic carbocycles. The summed E-state index contributed by atoms with van der Waals surface area (Å²) in [4.78, 5) is 78.9. The van der Waals surface area contributed by atoms with Gasteiger partial charge in [-0.05, 0) is 113 Å². The van der Waals surface area contributed by atoms with E-state index in [1.807, 2.05) is 77.9 Å². The molecule has 7 aliphatic heterocycles. The molecule has 0 N–H and O–H groups in total. The van der Waals surface area contributed by atoms with Gasteiger partial charge in [-0.15, -0.1) is 30.6 Å². The number of alkyl halides is 9. The Balaban J connectivity index is 0.000000140. The van der Waals surface area contributed by atoms with Crippen molar-refractivity contribution in [2.45, 2.75) is 137 Å². The molecule has 2 aromatic carbocycles. The van der Waals surface area contributed by atoms with Crippen LogP contribution in [0, 0.1) is 41.3 Å². The highest BCUT2D eigenvalue weighted by atomic mass is 35.5. The minimum absolute atomic E-state index is 0.0232. The molecule has 35 heteroatoms. The van der Waals surface area contributed by atoms with E-state index < -0.39 is 41.6 Å². The Labute approximate surface area is 601 Å². The van der Waals surface area contributed by atoms with Crippen LogP contribution in [0.3, 0.4) is 0 Å². The molecular weight excluding hydrogens is 1410 g/mol. The summed E-state index contributed by atoms with van der Waals surface area (Å²) >= 11 is 6.10. The Bertz CT molecular complexity index is 4390. The molecule has 6 aromatic heterocycles. The third kappa shape index (κ3) is 15.6. The quantitative estimate of drug-likeness (QED) is 0.141. The molecule has 6 atom stereocenters. The van der Waals surface area contributed by atoms with Gasteiger partial charge in [-0.1, -0.05) is 32.4 Å². The molecule has 3 saturated heterocycles. The summed E-state index contributed by atoms with van der Waals surface area (Å²) in [6.07, 6.45) is -6.30. The van der Waals surface area contributed by atoms with E-state index in [-0.39, 0.29) is 142 Å². The van der Waals surface area contributed by atoms with E-state index >= 15 is 0 Å². The average molecular weight is 1490 g/mol. The van der Waals surface area contributed by atoms with Crippen molar-refractivity contribution < 1.29 is 67.8 Å². The van der Waals surface area contributed by atoms with Crippen molar-refractivity contribution in [3.63, 3.8) is 0 Å². The molecule has 0 unspecified atom stereocenters. The Morgan fingerprint density at radius 1 is 0.457 bits per heavy atom. The van der Waals surface area contributed by atoms with Crippen molar-refractivity contribution >= 4 is 74.3 Å². The van der Waals surface area contributed by atoms with Crippen LogP contribution in [0.15, 0.2) is 73.2 Å². The third-order valence-corrected chi connectivity index (χ3v) is 21.0. The number of carbonyl (C=O) groups is 4. The first-order valence-corrected chi connectivity index (χ1v) is 35.3. The molecule has 0 bridgehead atoms. The summed E-state index contributed by atoms with van der Waals surface area (Å²) in [6, 6.07) is 16.0. The van der Waals surface area contributed by atoms with Crippen molar-refractivity contribution in [2.75, 3.05) is 80.1 Å². The molecule has 24 nitrogen and oxygen atoms in total. The van der Waals surface area contributed by atoms with Gasteiger partial charge in [-0.25, -0.2) is 9.18 Å². The van der Waals surface area contributed by atoms with Gasteiger partial charge in [0.15, 0.2) is 17.5 Å². The van der Waals surface area contributed by atoms with Crippen LogP contribution in [0.5, 0.6) is 0 Å². The first-order chi connectivity index (χ1) is 49.8. The lowest BCUT2D eigenvalue weighted by Crippen LogP contribution is -2.49. The number of rotatable bonds is 6. The number of benzene rings is 2. The molecule has 15 rings (SSSR count). The normalized spacial score (nSPS) is 21.6. The van der Waals surface area contributed by atoms with Crippen molar-refractivity contribution in [3.8, 4) is 0 Å². The largest absolute Gasteiger partial charge is 0.451 e. The number of piperidine rings is 3. The first-order valence-electron chi connectivity index (χ1n) is 34.9. The molecular formula is C70H78ClF10N19O5. The highest BCUT2D eigenvalue weighted by molar-refractivity contribution is 6.31. The lowest BCUT2D eigenvalue weighted by molar-refractivity contribution is -0.149. The molecule has 4 amide bonds. The molecule has 7 aliphatic rings. The molecule has 13 heterocycles. The van der Waals surface area contributed by atoms with Crippen molar-refractivity contribution in [3.05, 3.63) is 130 Å². The Hall–Kier alpha value is -9.50. The van der Waals surface area contributed by atoms with Crippen LogP contribution < -0.4 is 14.7 Å². The Kier molecular flexibility index (Phi) is 20.5.